The van der Waals surface area contributed by atoms with Crippen LogP contribution in [0.3, 0.4) is 0 Å². The van der Waals surface area contributed by atoms with Crippen LogP contribution in [0.1, 0.15) is 32.2 Å². The van der Waals surface area contributed by atoms with Gasteiger partial charge in [-0.05, 0) is 48.8 Å². The van der Waals surface area contributed by atoms with Crippen LogP contribution in [0.4, 0.5) is 0 Å². The summed E-state index contributed by atoms with van der Waals surface area (Å²) in [7, 11) is 0. The Labute approximate surface area is 174 Å². The molecule has 0 aliphatic carbocycles. The van der Waals surface area contributed by atoms with Crippen molar-refractivity contribution in [2.75, 3.05) is 52.4 Å². The average Bonchev–Trinajstić information content (AvgIpc) is 3.43. The maximum Gasteiger partial charge on any atom is 0.261 e. The van der Waals surface area contributed by atoms with Gasteiger partial charge in [0.05, 0.1) is 9.75 Å². The molecule has 2 N–H and O–H groups in total. The number of hydrogen-bond donors (Lipinski definition) is 2. The number of amides is 2. The van der Waals surface area contributed by atoms with Gasteiger partial charge in [-0.2, -0.15) is 0 Å². The van der Waals surface area contributed by atoms with Crippen LogP contribution in [0.15, 0.2) is 35.0 Å². The number of hydrogen-bond acceptors (Lipinski definition) is 6. The Morgan fingerprint density at radius 3 is 1.57 bits per heavy atom. The van der Waals surface area contributed by atoms with E-state index in [0.29, 0.717) is 0 Å². The number of thiophene rings is 2. The molecule has 28 heavy (non-hydrogen) atoms. The zero-order valence-corrected chi connectivity index (χ0v) is 17.7. The summed E-state index contributed by atoms with van der Waals surface area (Å²) in [4.78, 5) is 30.3. The van der Waals surface area contributed by atoms with E-state index >= 15 is 0 Å². The lowest BCUT2D eigenvalue weighted by Crippen LogP contribution is -2.47. The normalized spacial score (nSPS) is 15.4. The van der Waals surface area contributed by atoms with E-state index in [1.54, 1.807) is 0 Å². The highest BCUT2D eigenvalue weighted by molar-refractivity contribution is 7.12. The molecular weight excluding hydrogens is 392 g/mol. The van der Waals surface area contributed by atoms with Gasteiger partial charge in [0.25, 0.3) is 11.8 Å². The van der Waals surface area contributed by atoms with Crippen molar-refractivity contribution in [3.05, 3.63) is 44.8 Å². The predicted molar refractivity (Wildman–Crippen MR) is 115 cm³/mol. The molecule has 1 aliphatic heterocycles. The highest BCUT2D eigenvalue weighted by Gasteiger charge is 2.16. The molecule has 1 aliphatic rings. The van der Waals surface area contributed by atoms with Gasteiger partial charge in [0, 0.05) is 39.3 Å². The molecule has 152 valence electrons. The van der Waals surface area contributed by atoms with Crippen molar-refractivity contribution in [3.63, 3.8) is 0 Å². The van der Waals surface area contributed by atoms with Crippen molar-refractivity contribution in [3.8, 4) is 0 Å². The zero-order chi connectivity index (χ0) is 19.6. The molecular formula is C20H28N4O2S2. The lowest BCUT2D eigenvalue weighted by atomic mass is 10.2. The minimum atomic E-state index is 0.0333. The fourth-order valence-electron chi connectivity index (χ4n) is 3.24. The third-order valence-electron chi connectivity index (χ3n) is 4.83. The van der Waals surface area contributed by atoms with Crippen LogP contribution in [0.25, 0.3) is 0 Å². The Morgan fingerprint density at radius 1 is 0.786 bits per heavy atom. The first-order valence-corrected chi connectivity index (χ1v) is 11.6. The maximum atomic E-state index is 11.9. The van der Waals surface area contributed by atoms with Crippen LogP contribution in [0, 0.1) is 0 Å². The number of rotatable bonds is 10. The van der Waals surface area contributed by atoms with Crippen LogP contribution in [-0.2, 0) is 0 Å². The second-order valence-corrected chi connectivity index (χ2v) is 8.75. The van der Waals surface area contributed by atoms with Gasteiger partial charge in [-0.15, -0.1) is 22.7 Å². The number of carbonyl (C=O) groups is 2. The van der Waals surface area contributed by atoms with Crippen LogP contribution < -0.4 is 10.6 Å². The van der Waals surface area contributed by atoms with E-state index in [4.69, 9.17) is 0 Å². The molecule has 1 fully saturated rings. The molecule has 3 heterocycles. The number of nitrogens with zero attached hydrogens (tertiary/aromatic N) is 2. The molecule has 1 saturated heterocycles. The summed E-state index contributed by atoms with van der Waals surface area (Å²) < 4.78 is 0. The third-order valence-corrected chi connectivity index (χ3v) is 6.57. The van der Waals surface area contributed by atoms with Crippen molar-refractivity contribution in [2.45, 2.75) is 12.8 Å². The Hall–Kier alpha value is -1.74. The van der Waals surface area contributed by atoms with E-state index in [9.17, 15) is 9.59 Å². The summed E-state index contributed by atoms with van der Waals surface area (Å²) in [6, 6.07) is 7.51. The maximum absolute atomic E-state index is 11.9. The molecule has 0 unspecified atom stereocenters. The molecule has 3 rings (SSSR count). The first kappa shape index (κ1) is 21.0. The first-order valence-electron chi connectivity index (χ1n) is 9.80. The molecule has 0 spiro atoms. The molecule has 0 radical (unpaired) electrons. The molecule has 0 atom stereocenters. The minimum Gasteiger partial charge on any atom is -0.351 e. The van der Waals surface area contributed by atoms with Crippen LogP contribution in [0.5, 0.6) is 0 Å². The van der Waals surface area contributed by atoms with Gasteiger partial charge in [-0.25, -0.2) is 0 Å². The standard InChI is InChI=1S/C20H28N4O2S2/c25-19(17-5-1-15-27-17)21-7-3-9-23-11-13-24(14-12-23)10-4-8-22-20(26)18-6-2-16-28-18/h1-2,5-6,15-16H,3-4,7-14H2,(H,21,25)(H,22,26). The molecule has 0 saturated carbocycles. The Kier molecular flexibility index (Phi) is 8.47. The van der Waals surface area contributed by atoms with Gasteiger partial charge in [-0.1, -0.05) is 12.1 Å². The summed E-state index contributed by atoms with van der Waals surface area (Å²) >= 11 is 2.95. The third kappa shape index (κ3) is 6.70. The van der Waals surface area contributed by atoms with Crippen LogP contribution in [0.2, 0.25) is 0 Å². The van der Waals surface area contributed by atoms with Crippen molar-refractivity contribution < 1.29 is 9.59 Å². The van der Waals surface area contributed by atoms with Gasteiger partial charge >= 0.3 is 0 Å². The predicted octanol–water partition coefficient (Wildman–Crippen LogP) is 2.37. The Balaban J connectivity index is 1.20. The second kappa shape index (κ2) is 11.3. The average molecular weight is 421 g/mol. The summed E-state index contributed by atoms with van der Waals surface area (Å²) in [5, 5.41) is 9.82. The molecule has 8 heteroatoms. The summed E-state index contributed by atoms with van der Waals surface area (Å²) in [5.74, 6) is 0.0666. The monoisotopic (exact) mass is 420 g/mol. The largest absolute Gasteiger partial charge is 0.351 e. The molecule has 0 aromatic carbocycles. The van der Waals surface area contributed by atoms with Crippen molar-refractivity contribution >= 4 is 34.5 Å². The lowest BCUT2D eigenvalue weighted by Gasteiger charge is -2.34. The van der Waals surface area contributed by atoms with Crippen molar-refractivity contribution in [1.82, 2.24) is 20.4 Å². The number of nitrogens with one attached hydrogen (secondary N) is 2. The SMILES string of the molecule is O=C(NCCCN1CCN(CCCNC(=O)c2cccs2)CC1)c1cccs1. The van der Waals surface area contributed by atoms with E-state index in [2.05, 4.69) is 20.4 Å². The number of carbonyl (C=O) groups excluding carboxylic acids is 2. The van der Waals surface area contributed by atoms with E-state index in [1.165, 1.54) is 22.7 Å². The van der Waals surface area contributed by atoms with Crippen LogP contribution >= 0.6 is 22.7 Å². The first-order chi connectivity index (χ1) is 13.7. The quantitative estimate of drug-likeness (QED) is 0.579. The minimum absolute atomic E-state index is 0.0333. The summed E-state index contributed by atoms with van der Waals surface area (Å²) in [5.41, 5.74) is 0. The van der Waals surface area contributed by atoms with E-state index in [-0.39, 0.29) is 11.8 Å². The number of piperazine rings is 1. The van der Waals surface area contributed by atoms with Crippen LogP contribution in [-0.4, -0.2) is 74.0 Å². The molecule has 0 bridgehead atoms. The van der Waals surface area contributed by atoms with E-state index in [1.807, 2.05) is 35.0 Å². The van der Waals surface area contributed by atoms with Crippen molar-refractivity contribution in [2.24, 2.45) is 0 Å². The van der Waals surface area contributed by atoms with Crippen molar-refractivity contribution in [1.29, 1.82) is 0 Å². The lowest BCUT2D eigenvalue weighted by molar-refractivity contribution is 0.0938. The molecule has 2 aromatic rings. The van der Waals surface area contributed by atoms with Gasteiger partial charge in [-0.3, -0.25) is 9.59 Å². The highest BCUT2D eigenvalue weighted by atomic mass is 32.1. The summed E-state index contributed by atoms with van der Waals surface area (Å²) in [6.45, 7) is 7.77. The fourth-order valence-corrected chi connectivity index (χ4v) is 4.52. The highest BCUT2D eigenvalue weighted by Crippen LogP contribution is 2.09. The Bertz CT molecular complexity index is 648. The second-order valence-electron chi connectivity index (χ2n) is 6.86. The molecule has 2 aromatic heterocycles. The summed E-state index contributed by atoms with van der Waals surface area (Å²) in [6.07, 6.45) is 1.96. The Morgan fingerprint density at radius 2 is 1.21 bits per heavy atom. The molecule has 2 amide bonds. The topological polar surface area (TPSA) is 64.7 Å². The fraction of sp³-hybridized carbons (Fsp3) is 0.500. The van der Waals surface area contributed by atoms with E-state index < -0.39 is 0 Å². The van der Waals surface area contributed by atoms with E-state index in [0.717, 1.165) is 75.0 Å². The van der Waals surface area contributed by atoms with Gasteiger partial charge in [0.1, 0.15) is 0 Å². The van der Waals surface area contributed by atoms with Gasteiger partial charge in [0.15, 0.2) is 0 Å². The van der Waals surface area contributed by atoms with Gasteiger partial charge in [0.2, 0.25) is 0 Å². The smallest absolute Gasteiger partial charge is 0.261 e. The molecule has 6 nitrogen and oxygen atoms in total. The zero-order valence-electron chi connectivity index (χ0n) is 16.1. The van der Waals surface area contributed by atoms with Gasteiger partial charge < -0.3 is 20.4 Å².